The van der Waals surface area contributed by atoms with Crippen LogP contribution in [0.4, 0.5) is 4.39 Å². The number of ether oxygens (including phenoxy) is 1. The van der Waals surface area contributed by atoms with E-state index in [2.05, 4.69) is 17.2 Å². The molecule has 0 radical (unpaired) electrons. The highest BCUT2D eigenvalue weighted by Gasteiger charge is 2.22. The molecule has 1 rings (SSSR count). The van der Waals surface area contributed by atoms with Crippen LogP contribution in [0.1, 0.15) is 0 Å². The highest BCUT2D eigenvalue weighted by atomic mass is 19.1. The first-order valence-electron chi connectivity index (χ1n) is 3.64. The quantitative estimate of drug-likeness (QED) is 0.607. The molecule has 1 heterocycles. The molecule has 3 nitrogen and oxygen atoms in total. The Kier molecular flexibility index (Phi) is 3.32. The first-order valence-corrected chi connectivity index (χ1v) is 3.64. The van der Waals surface area contributed by atoms with Crippen molar-refractivity contribution in [2.24, 2.45) is 0 Å². The second kappa shape index (κ2) is 4.31. The van der Waals surface area contributed by atoms with Gasteiger partial charge in [0.1, 0.15) is 12.9 Å². The lowest BCUT2D eigenvalue weighted by molar-refractivity contribution is 0.102. The second-order valence-corrected chi connectivity index (χ2v) is 2.45. The Hall–Kier alpha value is -0.610. The Morgan fingerprint density at radius 1 is 1.82 bits per heavy atom. The zero-order chi connectivity index (χ0) is 8.10. The van der Waals surface area contributed by atoms with Crippen LogP contribution < -0.4 is 10.6 Å². The van der Waals surface area contributed by atoms with Gasteiger partial charge < -0.3 is 10.1 Å². The van der Waals surface area contributed by atoms with Gasteiger partial charge in [0.2, 0.25) is 0 Å². The van der Waals surface area contributed by atoms with Crippen molar-refractivity contribution in [2.75, 3.05) is 19.8 Å². The van der Waals surface area contributed by atoms with Crippen LogP contribution in [0.15, 0.2) is 12.8 Å². The number of alkyl halides is 1. The maximum Gasteiger partial charge on any atom is 0.125 e. The number of halogens is 1. The average Bonchev–Trinajstić information content (AvgIpc) is 2.48. The molecule has 0 saturated carbocycles. The van der Waals surface area contributed by atoms with E-state index >= 15 is 0 Å². The molecule has 0 amide bonds. The molecule has 0 aromatic heterocycles. The second-order valence-electron chi connectivity index (χ2n) is 2.45. The third-order valence-corrected chi connectivity index (χ3v) is 1.55. The van der Waals surface area contributed by atoms with Crippen molar-refractivity contribution in [3.63, 3.8) is 0 Å². The Balaban J connectivity index is 2.13. The molecule has 1 saturated heterocycles. The molecule has 11 heavy (non-hydrogen) atoms. The van der Waals surface area contributed by atoms with Crippen molar-refractivity contribution in [3.8, 4) is 0 Å². The Morgan fingerprint density at radius 2 is 2.64 bits per heavy atom. The van der Waals surface area contributed by atoms with Crippen molar-refractivity contribution in [1.29, 1.82) is 0 Å². The van der Waals surface area contributed by atoms with E-state index in [0.717, 1.165) is 0 Å². The van der Waals surface area contributed by atoms with Gasteiger partial charge in [0.15, 0.2) is 0 Å². The van der Waals surface area contributed by atoms with Gasteiger partial charge in [-0.3, -0.25) is 5.32 Å². The molecule has 1 fully saturated rings. The SMILES string of the molecule is C=CNC[C@@H]1N[C@@H](CF)CO1. The molecule has 0 aromatic carbocycles. The Labute approximate surface area is 65.6 Å². The van der Waals surface area contributed by atoms with Crippen LogP contribution in [-0.4, -0.2) is 32.1 Å². The summed E-state index contributed by atoms with van der Waals surface area (Å²) in [7, 11) is 0. The fraction of sp³-hybridized carbons (Fsp3) is 0.714. The summed E-state index contributed by atoms with van der Waals surface area (Å²) >= 11 is 0. The van der Waals surface area contributed by atoms with Crippen LogP contribution in [0.2, 0.25) is 0 Å². The smallest absolute Gasteiger partial charge is 0.125 e. The first-order chi connectivity index (χ1) is 5.36. The minimum Gasteiger partial charge on any atom is -0.387 e. The Morgan fingerprint density at radius 3 is 3.18 bits per heavy atom. The number of hydrogen-bond acceptors (Lipinski definition) is 3. The topological polar surface area (TPSA) is 33.3 Å². The fourth-order valence-electron chi connectivity index (χ4n) is 0.989. The zero-order valence-corrected chi connectivity index (χ0v) is 6.35. The van der Waals surface area contributed by atoms with Crippen LogP contribution in [0.3, 0.4) is 0 Å². The summed E-state index contributed by atoms with van der Waals surface area (Å²) in [6, 6.07) is -0.133. The number of nitrogens with one attached hydrogen (secondary N) is 2. The van der Waals surface area contributed by atoms with E-state index in [0.29, 0.717) is 13.2 Å². The van der Waals surface area contributed by atoms with Crippen molar-refractivity contribution in [2.45, 2.75) is 12.3 Å². The van der Waals surface area contributed by atoms with Crippen molar-refractivity contribution < 1.29 is 9.13 Å². The molecule has 0 unspecified atom stereocenters. The van der Waals surface area contributed by atoms with Crippen LogP contribution in [-0.2, 0) is 4.74 Å². The fourth-order valence-corrected chi connectivity index (χ4v) is 0.989. The summed E-state index contributed by atoms with van der Waals surface area (Å²) < 4.78 is 17.2. The van der Waals surface area contributed by atoms with Crippen LogP contribution in [0, 0.1) is 0 Å². The molecule has 0 aliphatic carbocycles. The molecule has 4 heteroatoms. The largest absolute Gasteiger partial charge is 0.387 e. The standard InChI is InChI=1S/C7H13FN2O/c1-2-9-4-7-10-6(3-8)5-11-7/h2,6-7,9-10H,1,3-5H2/t6-,7+/m0/s1. The van der Waals surface area contributed by atoms with E-state index in [4.69, 9.17) is 4.74 Å². The van der Waals surface area contributed by atoms with Gasteiger partial charge >= 0.3 is 0 Å². The highest BCUT2D eigenvalue weighted by molar-refractivity contribution is 4.78. The van der Waals surface area contributed by atoms with E-state index in [1.165, 1.54) is 0 Å². The molecule has 0 spiro atoms. The zero-order valence-electron chi connectivity index (χ0n) is 6.35. The normalized spacial score (nSPS) is 30.3. The van der Waals surface area contributed by atoms with Gasteiger partial charge in [-0.15, -0.1) is 0 Å². The summed E-state index contributed by atoms with van der Waals surface area (Å²) in [6.07, 6.45) is 1.52. The summed E-state index contributed by atoms with van der Waals surface area (Å²) in [5.41, 5.74) is 0. The maximum atomic E-state index is 12.0. The Bertz CT molecular complexity index is 132. The minimum absolute atomic E-state index is 0.0752. The van der Waals surface area contributed by atoms with E-state index in [-0.39, 0.29) is 18.9 Å². The van der Waals surface area contributed by atoms with Crippen molar-refractivity contribution >= 4 is 0 Å². The third kappa shape index (κ3) is 2.48. The summed E-state index contributed by atoms with van der Waals surface area (Å²) in [6.45, 7) is 4.22. The predicted molar refractivity (Wildman–Crippen MR) is 40.8 cm³/mol. The molecule has 1 aliphatic rings. The predicted octanol–water partition coefficient (Wildman–Crippen LogP) is 0.00350. The van der Waals surface area contributed by atoms with E-state index in [1.54, 1.807) is 6.20 Å². The van der Waals surface area contributed by atoms with Gasteiger partial charge in [-0.25, -0.2) is 4.39 Å². The van der Waals surface area contributed by atoms with Gasteiger partial charge in [0.05, 0.1) is 19.2 Å². The van der Waals surface area contributed by atoms with Crippen LogP contribution in [0.25, 0.3) is 0 Å². The van der Waals surface area contributed by atoms with Crippen LogP contribution >= 0.6 is 0 Å². The summed E-state index contributed by atoms with van der Waals surface area (Å²) in [5.74, 6) is 0. The van der Waals surface area contributed by atoms with Gasteiger partial charge in [-0.1, -0.05) is 6.58 Å². The third-order valence-electron chi connectivity index (χ3n) is 1.55. The monoisotopic (exact) mass is 160 g/mol. The molecular formula is C7H13FN2O. The molecular weight excluding hydrogens is 147 g/mol. The van der Waals surface area contributed by atoms with Gasteiger partial charge in [0.25, 0.3) is 0 Å². The summed E-state index contributed by atoms with van der Waals surface area (Å²) in [4.78, 5) is 0. The van der Waals surface area contributed by atoms with Crippen LogP contribution in [0.5, 0.6) is 0 Å². The number of rotatable bonds is 4. The molecule has 0 aromatic rings. The van der Waals surface area contributed by atoms with Gasteiger partial charge in [-0.2, -0.15) is 0 Å². The molecule has 1 aliphatic heterocycles. The first kappa shape index (κ1) is 8.49. The maximum absolute atomic E-state index is 12.0. The van der Waals surface area contributed by atoms with Gasteiger partial charge in [-0.05, 0) is 6.20 Å². The van der Waals surface area contributed by atoms with E-state index in [9.17, 15) is 4.39 Å². The minimum atomic E-state index is -0.370. The number of hydrogen-bond donors (Lipinski definition) is 2. The van der Waals surface area contributed by atoms with E-state index in [1.807, 2.05) is 0 Å². The molecule has 64 valence electrons. The molecule has 2 atom stereocenters. The lowest BCUT2D eigenvalue weighted by atomic mass is 10.4. The van der Waals surface area contributed by atoms with Crippen molar-refractivity contribution in [3.05, 3.63) is 12.8 Å². The lowest BCUT2D eigenvalue weighted by Gasteiger charge is -2.09. The highest BCUT2D eigenvalue weighted by Crippen LogP contribution is 2.01. The van der Waals surface area contributed by atoms with E-state index < -0.39 is 0 Å². The summed E-state index contributed by atoms with van der Waals surface area (Å²) in [5, 5.41) is 5.86. The van der Waals surface area contributed by atoms with Crippen molar-refractivity contribution in [1.82, 2.24) is 10.6 Å². The van der Waals surface area contributed by atoms with Gasteiger partial charge in [0, 0.05) is 0 Å². The molecule has 2 N–H and O–H groups in total. The average molecular weight is 160 g/mol. The molecule has 0 bridgehead atoms. The lowest BCUT2D eigenvalue weighted by Crippen LogP contribution is -2.37.